The van der Waals surface area contributed by atoms with Gasteiger partial charge in [0, 0.05) is 0 Å². The maximum Gasteiger partial charge on any atom is 0.0739 e. The Labute approximate surface area is 78.1 Å². The van der Waals surface area contributed by atoms with Gasteiger partial charge in [-0.05, 0) is 42.8 Å². The molecule has 0 amide bonds. The highest BCUT2D eigenvalue weighted by Crippen LogP contribution is 2.12. The van der Waals surface area contributed by atoms with Crippen LogP contribution in [0.4, 0.5) is 5.69 Å². The van der Waals surface area contributed by atoms with E-state index in [-0.39, 0.29) is 0 Å². The van der Waals surface area contributed by atoms with Crippen LogP contribution in [0.2, 0.25) is 0 Å². The zero-order valence-electron chi connectivity index (χ0n) is 6.79. The minimum absolute atomic E-state index is 0.859. The van der Waals surface area contributed by atoms with Crippen molar-refractivity contribution in [3.05, 3.63) is 36.8 Å². The van der Waals surface area contributed by atoms with Crippen LogP contribution in [0.15, 0.2) is 29.3 Å². The molecule has 0 N–H and O–H groups in total. The summed E-state index contributed by atoms with van der Waals surface area (Å²) in [5.41, 5.74) is 2.14. The SMILES string of the molecule is [CH2]CCc1ccc(N=C=S)cc1. The second kappa shape index (κ2) is 4.81. The molecule has 0 aliphatic rings. The van der Waals surface area contributed by atoms with E-state index in [0.29, 0.717) is 0 Å². The number of thiocarbonyl (C=S) groups is 1. The van der Waals surface area contributed by atoms with Gasteiger partial charge in [0.2, 0.25) is 0 Å². The van der Waals surface area contributed by atoms with E-state index in [1.54, 1.807) is 0 Å². The maximum absolute atomic E-state index is 4.49. The van der Waals surface area contributed by atoms with E-state index in [9.17, 15) is 0 Å². The molecule has 0 aliphatic carbocycles. The van der Waals surface area contributed by atoms with Crippen LogP contribution in [0.5, 0.6) is 0 Å². The van der Waals surface area contributed by atoms with Crippen LogP contribution in [0.25, 0.3) is 0 Å². The molecule has 0 saturated heterocycles. The fraction of sp³-hybridized carbons (Fsp3) is 0.200. The van der Waals surface area contributed by atoms with Gasteiger partial charge in [-0.2, -0.15) is 4.99 Å². The molecule has 2 heteroatoms. The van der Waals surface area contributed by atoms with E-state index < -0.39 is 0 Å². The van der Waals surface area contributed by atoms with Crippen molar-refractivity contribution in [2.45, 2.75) is 12.8 Å². The van der Waals surface area contributed by atoms with Crippen LogP contribution in [0.1, 0.15) is 12.0 Å². The molecule has 12 heavy (non-hydrogen) atoms. The van der Waals surface area contributed by atoms with E-state index >= 15 is 0 Å². The van der Waals surface area contributed by atoms with Gasteiger partial charge in [-0.1, -0.05) is 19.1 Å². The van der Waals surface area contributed by atoms with Crippen LogP contribution in [0.3, 0.4) is 0 Å². The molecule has 0 saturated carbocycles. The Hall–Kier alpha value is -0.980. The molecule has 1 aromatic carbocycles. The van der Waals surface area contributed by atoms with E-state index in [1.165, 1.54) is 5.56 Å². The Balaban J connectivity index is 2.77. The van der Waals surface area contributed by atoms with Crippen molar-refractivity contribution in [1.82, 2.24) is 0 Å². The van der Waals surface area contributed by atoms with Crippen molar-refractivity contribution in [3.63, 3.8) is 0 Å². The maximum atomic E-state index is 4.49. The van der Waals surface area contributed by atoms with Crippen LogP contribution in [-0.4, -0.2) is 5.16 Å². The smallest absolute Gasteiger partial charge is 0.0739 e. The lowest BCUT2D eigenvalue weighted by Crippen LogP contribution is -1.80. The standard InChI is InChI=1S/C10H10NS/c1-2-3-9-4-6-10(7-5-9)11-8-12/h4-7H,1-3H2. The Bertz CT molecular complexity index is 283. The van der Waals surface area contributed by atoms with E-state index in [1.807, 2.05) is 24.3 Å². The number of aliphatic imine (C=N–C) groups is 1. The first kappa shape index (κ1) is 9.11. The third-order valence-corrected chi connectivity index (χ3v) is 1.67. The van der Waals surface area contributed by atoms with Gasteiger partial charge in [0.25, 0.3) is 0 Å². The van der Waals surface area contributed by atoms with Crippen molar-refractivity contribution in [3.8, 4) is 0 Å². The summed E-state index contributed by atoms with van der Waals surface area (Å²) >= 11 is 4.49. The van der Waals surface area contributed by atoms with Crippen LogP contribution < -0.4 is 0 Å². The molecule has 1 aromatic rings. The zero-order valence-corrected chi connectivity index (χ0v) is 7.60. The highest BCUT2D eigenvalue weighted by molar-refractivity contribution is 7.78. The predicted octanol–water partition coefficient (Wildman–Crippen LogP) is 3.19. The first-order valence-electron chi connectivity index (χ1n) is 3.83. The lowest BCUT2D eigenvalue weighted by molar-refractivity contribution is 0.999. The van der Waals surface area contributed by atoms with Gasteiger partial charge >= 0.3 is 0 Å². The van der Waals surface area contributed by atoms with E-state index in [4.69, 9.17) is 0 Å². The number of nitrogens with zero attached hydrogens (tertiary/aromatic N) is 1. The fourth-order valence-electron chi connectivity index (χ4n) is 0.994. The number of isothiocyanates is 1. The summed E-state index contributed by atoms with van der Waals surface area (Å²) in [4.78, 5) is 3.86. The Morgan fingerprint density at radius 2 is 2.00 bits per heavy atom. The Morgan fingerprint density at radius 1 is 1.33 bits per heavy atom. The minimum Gasteiger partial charge on any atom is -0.195 e. The Morgan fingerprint density at radius 3 is 2.50 bits per heavy atom. The molecule has 61 valence electrons. The van der Waals surface area contributed by atoms with Crippen LogP contribution in [0, 0.1) is 6.92 Å². The molecular weight excluding hydrogens is 166 g/mol. The summed E-state index contributed by atoms with van der Waals surface area (Å²) in [5.74, 6) is 0. The van der Waals surface area contributed by atoms with Gasteiger partial charge in [-0.25, -0.2) is 0 Å². The summed E-state index contributed by atoms with van der Waals surface area (Å²) in [6.45, 7) is 3.79. The molecule has 0 heterocycles. The van der Waals surface area contributed by atoms with Crippen molar-refractivity contribution < 1.29 is 0 Å². The quantitative estimate of drug-likeness (QED) is 0.509. The van der Waals surface area contributed by atoms with Gasteiger partial charge < -0.3 is 0 Å². The highest BCUT2D eigenvalue weighted by Gasteiger charge is 1.90. The summed E-state index contributed by atoms with van der Waals surface area (Å²) in [5, 5.41) is 2.33. The first-order chi connectivity index (χ1) is 5.86. The Kier molecular flexibility index (Phi) is 3.65. The normalized spacial score (nSPS) is 9.08. The zero-order chi connectivity index (χ0) is 8.81. The molecule has 1 nitrogen and oxygen atoms in total. The van der Waals surface area contributed by atoms with Crippen molar-refractivity contribution in [1.29, 1.82) is 0 Å². The molecular formula is C10H10NS. The van der Waals surface area contributed by atoms with Gasteiger partial charge in [0.1, 0.15) is 0 Å². The molecule has 0 aliphatic heterocycles. The van der Waals surface area contributed by atoms with E-state index in [2.05, 4.69) is 29.3 Å². The summed E-state index contributed by atoms with van der Waals surface area (Å²) in [7, 11) is 0. The highest BCUT2D eigenvalue weighted by atomic mass is 32.1. The molecule has 1 radical (unpaired) electrons. The number of hydrogen-bond donors (Lipinski definition) is 0. The monoisotopic (exact) mass is 176 g/mol. The van der Waals surface area contributed by atoms with Crippen molar-refractivity contribution in [2.24, 2.45) is 4.99 Å². The minimum atomic E-state index is 0.859. The molecule has 0 spiro atoms. The summed E-state index contributed by atoms with van der Waals surface area (Å²) < 4.78 is 0. The average Bonchev–Trinajstić information content (AvgIpc) is 2.09. The molecule has 0 aromatic heterocycles. The van der Waals surface area contributed by atoms with Gasteiger partial charge in [-0.15, -0.1) is 0 Å². The predicted molar refractivity (Wildman–Crippen MR) is 54.8 cm³/mol. The summed E-state index contributed by atoms with van der Waals surface area (Å²) in [6, 6.07) is 7.95. The number of aryl methyl sites for hydroxylation is 1. The van der Waals surface area contributed by atoms with Crippen molar-refractivity contribution in [2.75, 3.05) is 0 Å². The molecule has 0 atom stereocenters. The lowest BCUT2D eigenvalue weighted by Gasteiger charge is -1.97. The van der Waals surface area contributed by atoms with Gasteiger partial charge in [0.05, 0.1) is 10.8 Å². The average molecular weight is 176 g/mol. The molecule has 0 bridgehead atoms. The largest absolute Gasteiger partial charge is 0.195 e. The van der Waals surface area contributed by atoms with Crippen molar-refractivity contribution >= 4 is 23.1 Å². The third-order valence-electron chi connectivity index (χ3n) is 1.58. The fourth-order valence-corrected chi connectivity index (χ4v) is 1.10. The topological polar surface area (TPSA) is 12.4 Å². The number of hydrogen-bond acceptors (Lipinski definition) is 2. The molecule has 0 fully saturated rings. The van der Waals surface area contributed by atoms with Crippen LogP contribution in [-0.2, 0) is 6.42 Å². The first-order valence-corrected chi connectivity index (χ1v) is 4.23. The second-order valence-electron chi connectivity index (χ2n) is 2.47. The number of rotatable bonds is 3. The number of benzene rings is 1. The third kappa shape index (κ3) is 2.57. The lowest BCUT2D eigenvalue weighted by atomic mass is 10.1. The van der Waals surface area contributed by atoms with E-state index in [0.717, 1.165) is 18.5 Å². The van der Waals surface area contributed by atoms with Crippen LogP contribution >= 0.6 is 12.2 Å². The molecule has 1 rings (SSSR count). The van der Waals surface area contributed by atoms with Gasteiger partial charge in [-0.3, -0.25) is 0 Å². The summed E-state index contributed by atoms with van der Waals surface area (Å²) in [6.07, 6.45) is 1.94. The van der Waals surface area contributed by atoms with Gasteiger partial charge in [0.15, 0.2) is 0 Å². The second-order valence-corrected chi connectivity index (χ2v) is 2.66. The molecule has 0 unspecified atom stereocenters.